The van der Waals surface area contributed by atoms with Crippen molar-refractivity contribution >= 4 is 41.0 Å². The van der Waals surface area contributed by atoms with E-state index >= 15 is 0 Å². The minimum absolute atomic E-state index is 0.137. The van der Waals surface area contributed by atoms with Gasteiger partial charge in [0.25, 0.3) is 5.91 Å². The highest BCUT2D eigenvalue weighted by molar-refractivity contribution is 8.05. The Morgan fingerprint density at radius 3 is 2.62 bits per heavy atom. The highest BCUT2D eigenvalue weighted by Gasteiger charge is 2.27. The molecule has 4 rings (SSSR count). The lowest BCUT2D eigenvalue weighted by atomic mass is 10.1. The maximum absolute atomic E-state index is 12.5. The van der Waals surface area contributed by atoms with Crippen LogP contribution in [-0.4, -0.2) is 18.5 Å². The molecule has 3 aromatic carbocycles. The Bertz CT molecular complexity index is 1210. The highest BCUT2D eigenvalue weighted by Crippen LogP contribution is 2.39. The van der Waals surface area contributed by atoms with Crippen molar-refractivity contribution < 1.29 is 14.3 Å². The Hall–Kier alpha value is -3.09. The van der Waals surface area contributed by atoms with Crippen LogP contribution in [0.25, 0.3) is 6.08 Å². The van der Waals surface area contributed by atoms with Gasteiger partial charge in [-0.3, -0.25) is 4.79 Å². The second-order valence-corrected chi connectivity index (χ2v) is 9.54. The number of rotatable bonds is 8. The predicted octanol–water partition coefficient (Wildman–Crippen LogP) is 6.40. The molecule has 0 unspecified atom stereocenters. The third kappa shape index (κ3) is 5.88. The van der Waals surface area contributed by atoms with Crippen LogP contribution in [0.3, 0.4) is 0 Å². The number of halogens is 1. The van der Waals surface area contributed by atoms with Crippen molar-refractivity contribution in [2.75, 3.05) is 12.4 Å². The summed E-state index contributed by atoms with van der Waals surface area (Å²) in [7, 11) is 1.57. The molecule has 0 bridgehead atoms. The molecule has 1 saturated heterocycles. The van der Waals surface area contributed by atoms with E-state index in [1.165, 1.54) is 22.9 Å². The zero-order valence-electron chi connectivity index (χ0n) is 19.4. The summed E-state index contributed by atoms with van der Waals surface area (Å²) >= 11 is 7.96. The number of aryl methyl sites for hydroxylation is 2. The molecule has 0 aliphatic carbocycles. The van der Waals surface area contributed by atoms with Gasteiger partial charge in [-0.25, -0.2) is 0 Å². The van der Waals surface area contributed by atoms with E-state index in [2.05, 4.69) is 35.8 Å². The molecule has 5 nitrogen and oxygen atoms in total. The van der Waals surface area contributed by atoms with Gasteiger partial charge in [0, 0.05) is 5.69 Å². The van der Waals surface area contributed by atoms with Crippen molar-refractivity contribution in [3.63, 3.8) is 0 Å². The van der Waals surface area contributed by atoms with Gasteiger partial charge in [0.05, 0.1) is 17.0 Å². The minimum atomic E-state index is -0.250. The number of ether oxygens (including phenoxy) is 2. The third-order valence-corrected chi connectivity index (χ3v) is 6.72. The Morgan fingerprint density at radius 2 is 1.91 bits per heavy atom. The molecule has 0 spiro atoms. The number of carbonyl (C=O) groups excluding carboxylic acids is 1. The fraction of sp³-hybridized carbons (Fsp3) is 0.222. The zero-order chi connectivity index (χ0) is 24.1. The van der Waals surface area contributed by atoms with E-state index in [9.17, 15) is 4.79 Å². The number of methoxy groups -OCH3 is 1. The molecule has 1 atom stereocenters. The first kappa shape index (κ1) is 24.0. The number of amides is 1. The fourth-order valence-corrected chi connectivity index (χ4v) is 4.88. The molecule has 1 aliphatic rings. The molecule has 176 valence electrons. The van der Waals surface area contributed by atoms with Crippen LogP contribution >= 0.6 is 23.4 Å². The SMILES string of the molecule is CCc1ccc(N[C@H]2NC(=O)/C(=C/c3cc(Cl)c(OCc4cccc(C)c4)c(OC)c3)S2)cc1. The van der Waals surface area contributed by atoms with E-state index < -0.39 is 0 Å². The van der Waals surface area contributed by atoms with Gasteiger partial charge in [-0.2, -0.15) is 0 Å². The molecule has 1 heterocycles. The predicted molar refractivity (Wildman–Crippen MR) is 140 cm³/mol. The molecule has 0 aromatic heterocycles. The van der Waals surface area contributed by atoms with E-state index in [0.717, 1.165) is 23.2 Å². The van der Waals surface area contributed by atoms with Crippen LogP contribution < -0.4 is 20.1 Å². The summed E-state index contributed by atoms with van der Waals surface area (Å²) in [6, 6.07) is 19.9. The maximum atomic E-state index is 12.5. The van der Waals surface area contributed by atoms with Crippen molar-refractivity contribution in [2.24, 2.45) is 0 Å². The van der Waals surface area contributed by atoms with E-state index in [1.807, 2.05) is 43.3 Å². The summed E-state index contributed by atoms with van der Waals surface area (Å²) in [6.45, 7) is 4.54. The molecule has 0 saturated carbocycles. The van der Waals surface area contributed by atoms with Crippen LogP contribution in [0.2, 0.25) is 5.02 Å². The number of thioether (sulfide) groups is 1. The molecule has 3 aromatic rings. The number of hydrogen-bond acceptors (Lipinski definition) is 5. The number of anilines is 1. The molecule has 1 aliphatic heterocycles. The van der Waals surface area contributed by atoms with E-state index in [1.54, 1.807) is 19.3 Å². The van der Waals surface area contributed by atoms with Crippen LogP contribution in [-0.2, 0) is 17.8 Å². The molecule has 1 fully saturated rings. The summed E-state index contributed by atoms with van der Waals surface area (Å²) in [4.78, 5) is 13.1. The van der Waals surface area contributed by atoms with Gasteiger partial charge in [-0.1, -0.05) is 72.2 Å². The summed E-state index contributed by atoms with van der Waals surface area (Å²) in [5.41, 5.74) is 4.95. The Labute approximate surface area is 209 Å². The van der Waals surface area contributed by atoms with Crippen molar-refractivity contribution in [2.45, 2.75) is 32.4 Å². The minimum Gasteiger partial charge on any atom is -0.493 e. The highest BCUT2D eigenvalue weighted by atomic mass is 35.5. The molecular formula is C27H27ClN2O3S. The first-order valence-corrected chi connectivity index (χ1v) is 12.3. The lowest BCUT2D eigenvalue weighted by Gasteiger charge is -2.14. The first-order valence-electron chi connectivity index (χ1n) is 11.1. The molecule has 0 radical (unpaired) electrons. The van der Waals surface area contributed by atoms with Gasteiger partial charge in [-0.15, -0.1) is 0 Å². The van der Waals surface area contributed by atoms with Gasteiger partial charge in [0.2, 0.25) is 0 Å². The fourth-order valence-electron chi connectivity index (χ4n) is 3.63. The third-order valence-electron chi connectivity index (χ3n) is 5.41. The Kier molecular flexibility index (Phi) is 7.70. The Morgan fingerprint density at radius 1 is 1.12 bits per heavy atom. The first-order chi connectivity index (χ1) is 16.4. The van der Waals surface area contributed by atoms with E-state index in [-0.39, 0.29) is 11.4 Å². The molecular weight excluding hydrogens is 468 g/mol. The van der Waals surface area contributed by atoms with Crippen LogP contribution in [0.15, 0.2) is 65.6 Å². The number of hydrogen-bond donors (Lipinski definition) is 2. The van der Waals surface area contributed by atoms with Gasteiger partial charge < -0.3 is 20.1 Å². The van der Waals surface area contributed by atoms with Gasteiger partial charge in [0.15, 0.2) is 17.0 Å². The topological polar surface area (TPSA) is 59.6 Å². The van der Waals surface area contributed by atoms with E-state index in [0.29, 0.717) is 28.0 Å². The number of carbonyl (C=O) groups is 1. The summed E-state index contributed by atoms with van der Waals surface area (Å²) in [6.07, 6.45) is 2.80. The molecule has 34 heavy (non-hydrogen) atoms. The van der Waals surface area contributed by atoms with Crippen LogP contribution in [0.4, 0.5) is 5.69 Å². The lowest BCUT2D eigenvalue weighted by molar-refractivity contribution is -0.116. The standard InChI is InChI=1S/C27H27ClN2O3S/c1-4-18-8-10-21(11-9-18)29-27-30-26(31)24(34-27)15-20-13-22(28)25(23(14-20)32-3)33-16-19-7-5-6-17(2)12-19/h5-15,27,29H,4,16H2,1-3H3,(H,30,31)/b24-15-/t27-/m0/s1. The van der Waals surface area contributed by atoms with Crippen LogP contribution in [0, 0.1) is 6.92 Å². The van der Waals surface area contributed by atoms with Crippen LogP contribution in [0.5, 0.6) is 11.5 Å². The monoisotopic (exact) mass is 494 g/mol. The average Bonchev–Trinajstić information content (AvgIpc) is 3.16. The maximum Gasteiger partial charge on any atom is 0.260 e. The summed E-state index contributed by atoms with van der Waals surface area (Å²) in [5.74, 6) is 0.857. The summed E-state index contributed by atoms with van der Waals surface area (Å²) in [5, 5.41) is 6.72. The molecule has 1 amide bonds. The zero-order valence-corrected chi connectivity index (χ0v) is 20.9. The van der Waals surface area contributed by atoms with E-state index in [4.69, 9.17) is 21.1 Å². The van der Waals surface area contributed by atoms with Crippen molar-refractivity contribution in [1.29, 1.82) is 0 Å². The number of benzene rings is 3. The normalized spacial score (nSPS) is 16.4. The molecule has 2 N–H and O–H groups in total. The average molecular weight is 495 g/mol. The second kappa shape index (κ2) is 10.9. The smallest absolute Gasteiger partial charge is 0.260 e. The molecule has 7 heteroatoms. The number of nitrogens with one attached hydrogen (secondary N) is 2. The van der Waals surface area contributed by atoms with Gasteiger partial charge in [0.1, 0.15) is 6.61 Å². The van der Waals surface area contributed by atoms with Crippen LogP contribution in [0.1, 0.15) is 29.2 Å². The van der Waals surface area contributed by atoms with Gasteiger partial charge in [-0.05, 0) is 60.4 Å². The van der Waals surface area contributed by atoms with Crippen molar-refractivity contribution in [3.05, 3.63) is 92.8 Å². The van der Waals surface area contributed by atoms with Gasteiger partial charge >= 0.3 is 0 Å². The second-order valence-electron chi connectivity index (χ2n) is 7.99. The van der Waals surface area contributed by atoms with Crippen molar-refractivity contribution in [1.82, 2.24) is 5.32 Å². The quantitative estimate of drug-likeness (QED) is 0.355. The Balaban J connectivity index is 1.47. The van der Waals surface area contributed by atoms with Crippen molar-refractivity contribution in [3.8, 4) is 11.5 Å². The lowest BCUT2D eigenvalue weighted by Crippen LogP contribution is -2.30. The summed E-state index contributed by atoms with van der Waals surface area (Å²) < 4.78 is 11.5. The largest absolute Gasteiger partial charge is 0.493 e.